The third kappa shape index (κ3) is 19.9. The largest absolute Gasteiger partial charge is 0.388 e. The SMILES string of the molecule is C=C(C)NCCSSC(C)(C)NCCOCCOCCC(=O)NCC#CCC. The molecule has 0 aliphatic rings. The Hall–Kier alpha value is -0.850. The van der Waals surface area contributed by atoms with Crippen LogP contribution in [0.3, 0.4) is 0 Å². The summed E-state index contributed by atoms with van der Waals surface area (Å²) in [6.45, 7) is 16.3. The minimum atomic E-state index is -0.0384. The van der Waals surface area contributed by atoms with E-state index in [9.17, 15) is 4.79 Å². The minimum absolute atomic E-state index is 0.0113. The van der Waals surface area contributed by atoms with Crippen molar-refractivity contribution in [1.29, 1.82) is 0 Å². The second-order valence-electron chi connectivity index (χ2n) is 6.51. The molecule has 1 amide bonds. The Labute approximate surface area is 179 Å². The van der Waals surface area contributed by atoms with Crippen molar-refractivity contribution in [2.24, 2.45) is 0 Å². The van der Waals surface area contributed by atoms with Crippen LogP contribution in [0.5, 0.6) is 0 Å². The Bertz CT molecular complexity index is 491. The first-order chi connectivity index (χ1) is 13.4. The van der Waals surface area contributed by atoms with E-state index in [1.165, 1.54) is 0 Å². The zero-order valence-corrected chi connectivity index (χ0v) is 19.5. The summed E-state index contributed by atoms with van der Waals surface area (Å²) in [5.74, 6) is 6.77. The first-order valence-corrected chi connectivity index (χ1v) is 12.0. The summed E-state index contributed by atoms with van der Waals surface area (Å²) in [4.78, 5) is 11.5. The predicted molar refractivity (Wildman–Crippen MR) is 122 cm³/mol. The van der Waals surface area contributed by atoms with Crippen molar-refractivity contribution in [3.63, 3.8) is 0 Å². The quantitative estimate of drug-likeness (QED) is 0.142. The van der Waals surface area contributed by atoms with Gasteiger partial charge in [-0.15, -0.1) is 5.92 Å². The van der Waals surface area contributed by atoms with Crippen LogP contribution in [0.15, 0.2) is 12.3 Å². The third-order valence-corrected chi connectivity index (χ3v) is 6.35. The number of hydrogen-bond acceptors (Lipinski definition) is 7. The van der Waals surface area contributed by atoms with Crippen LogP contribution in [-0.4, -0.2) is 62.6 Å². The summed E-state index contributed by atoms with van der Waals surface area (Å²) >= 11 is 0. The summed E-state index contributed by atoms with van der Waals surface area (Å²) in [6.07, 6.45) is 1.15. The van der Waals surface area contributed by atoms with Crippen LogP contribution in [0.25, 0.3) is 0 Å². The molecule has 0 saturated heterocycles. The van der Waals surface area contributed by atoms with Gasteiger partial charge < -0.3 is 25.4 Å². The molecule has 28 heavy (non-hydrogen) atoms. The summed E-state index contributed by atoms with van der Waals surface area (Å²) in [6, 6.07) is 0. The number of amides is 1. The molecule has 162 valence electrons. The molecule has 0 heterocycles. The Morgan fingerprint density at radius 3 is 2.46 bits per heavy atom. The lowest BCUT2D eigenvalue weighted by Gasteiger charge is -2.25. The maximum absolute atomic E-state index is 11.5. The Kier molecular flexibility index (Phi) is 17.6. The molecule has 0 aromatic rings. The summed E-state index contributed by atoms with van der Waals surface area (Å²) in [5, 5.41) is 9.44. The van der Waals surface area contributed by atoms with E-state index in [-0.39, 0.29) is 10.8 Å². The van der Waals surface area contributed by atoms with Gasteiger partial charge >= 0.3 is 0 Å². The molecule has 0 aliphatic heterocycles. The normalized spacial score (nSPS) is 10.9. The number of ether oxygens (including phenoxy) is 2. The summed E-state index contributed by atoms with van der Waals surface area (Å²) in [7, 11) is 3.66. The smallest absolute Gasteiger partial charge is 0.223 e. The second kappa shape index (κ2) is 18.2. The Morgan fingerprint density at radius 1 is 1.07 bits per heavy atom. The third-order valence-electron chi connectivity index (χ3n) is 3.20. The van der Waals surface area contributed by atoms with Gasteiger partial charge in [0.25, 0.3) is 0 Å². The average Bonchev–Trinajstić information content (AvgIpc) is 2.63. The molecular formula is C20H37N3O3S2. The number of hydrogen-bond donors (Lipinski definition) is 3. The molecule has 0 rings (SSSR count). The van der Waals surface area contributed by atoms with Crippen molar-refractivity contribution in [1.82, 2.24) is 16.0 Å². The fourth-order valence-corrected chi connectivity index (χ4v) is 4.14. The van der Waals surface area contributed by atoms with Crippen molar-refractivity contribution in [3.05, 3.63) is 12.3 Å². The molecular weight excluding hydrogens is 394 g/mol. The molecule has 0 saturated carbocycles. The fraction of sp³-hybridized carbons (Fsp3) is 0.750. The highest BCUT2D eigenvalue weighted by molar-refractivity contribution is 8.77. The minimum Gasteiger partial charge on any atom is -0.388 e. The van der Waals surface area contributed by atoms with Gasteiger partial charge in [-0.1, -0.05) is 41.0 Å². The van der Waals surface area contributed by atoms with Gasteiger partial charge in [-0.2, -0.15) is 0 Å². The number of nitrogens with one attached hydrogen (secondary N) is 3. The van der Waals surface area contributed by atoms with E-state index in [4.69, 9.17) is 9.47 Å². The van der Waals surface area contributed by atoms with Crippen LogP contribution in [0.1, 0.15) is 40.5 Å². The maximum Gasteiger partial charge on any atom is 0.223 e. The highest BCUT2D eigenvalue weighted by Gasteiger charge is 2.17. The second-order valence-corrected chi connectivity index (χ2v) is 9.55. The Balaban J connectivity index is 3.45. The van der Waals surface area contributed by atoms with Gasteiger partial charge in [-0.3, -0.25) is 4.79 Å². The first kappa shape index (κ1) is 27.1. The van der Waals surface area contributed by atoms with Crippen molar-refractivity contribution in [2.45, 2.75) is 45.4 Å². The van der Waals surface area contributed by atoms with Crippen LogP contribution >= 0.6 is 21.6 Å². The molecule has 0 aromatic heterocycles. The zero-order valence-electron chi connectivity index (χ0n) is 17.8. The van der Waals surface area contributed by atoms with E-state index in [2.05, 4.69) is 48.2 Å². The standard InChI is InChI=1S/C20H37N3O3S2/c1-6-7-8-10-22-19(24)9-13-25-15-16-26-14-11-23-20(4,5)28-27-17-12-21-18(2)3/h21,23H,2,6,9-17H2,1,3-5H3,(H,22,24). The number of rotatable bonds is 17. The van der Waals surface area contributed by atoms with E-state index < -0.39 is 0 Å². The number of allylic oxidation sites excluding steroid dienone is 1. The maximum atomic E-state index is 11.5. The van der Waals surface area contributed by atoms with Crippen LogP contribution in [0.4, 0.5) is 0 Å². The van der Waals surface area contributed by atoms with Gasteiger partial charge in [-0.05, 0) is 20.8 Å². The Morgan fingerprint density at radius 2 is 1.79 bits per heavy atom. The molecule has 0 bridgehead atoms. The monoisotopic (exact) mass is 431 g/mol. The molecule has 0 aliphatic carbocycles. The average molecular weight is 432 g/mol. The first-order valence-electron chi connectivity index (χ1n) is 9.70. The molecule has 0 radical (unpaired) electrons. The van der Waals surface area contributed by atoms with Crippen molar-refractivity contribution in [2.75, 3.05) is 51.8 Å². The van der Waals surface area contributed by atoms with Crippen molar-refractivity contribution < 1.29 is 14.3 Å². The molecule has 0 atom stereocenters. The predicted octanol–water partition coefficient (Wildman–Crippen LogP) is 2.77. The summed E-state index contributed by atoms with van der Waals surface area (Å²) < 4.78 is 11.0. The molecule has 0 unspecified atom stereocenters. The molecule has 0 aromatic carbocycles. The van der Waals surface area contributed by atoms with E-state index in [0.29, 0.717) is 39.4 Å². The van der Waals surface area contributed by atoms with Gasteiger partial charge in [0.1, 0.15) is 0 Å². The lowest BCUT2D eigenvalue weighted by molar-refractivity contribution is -0.122. The van der Waals surface area contributed by atoms with Crippen LogP contribution in [0.2, 0.25) is 0 Å². The van der Waals surface area contributed by atoms with Crippen LogP contribution < -0.4 is 16.0 Å². The lowest BCUT2D eigenvalue weighted by Crippen LogP contribution is -2.37. The zero-order chi connectivity index (χ0) is 21.1. The van der Waals surface area contributed by atoms with Gasteiger partial charge in [0, 0.05) is 37.4 Å². The topological polar surface area (TPSA) is 71.6 Å². The van der Waals surface area contributed by atoms with Crippen LogP contribution in [0, 0.1) is 11.8 Å². The van der Waals surface area contributed by atoms with Gasteiger partial charge in [-0.25, -0.2) is 0 Å². The summed E-state index contributed by atoms with van der Waals surface area (Å²) in [5.41, 5.74) is 1.00. The molecule has 6 nitrogen and oxygen atoms in total. The van der Waals surface area contributed by atoms with E-state index in [1.54, 1.807) is 0 Å². The number of carbonyl (C=O) groups is 1. The van der Waals surface area contributed by atoms with Gasteiger partial charge in [0.2, 0.25) is 5.91 Å². The molecule has 0 fully saturated rings. The van der Waals surface area contributed by atoms with E-state index in [0.717, 1.165) is 31.0 Å². The van der Waals surface area contributed by atoms with E-state index in [1.807, 2.05) is 35.4 Å². The van der Waals surface area contributed by atoms with Crippen molar-refractivity contribution >= 4 is 27.5 Å². The molecule has 0 spiro atoms. The molecule has 3 N–H and O–H groups in total. The van der Waals surface area contributed by atoms with E-state index >= 15 is 0 Å². The van der Waals surface area contributed by atoms with Crippen molar-refractivity contribution in [3.8, 4) is 11.8 Å². The highest BCUT2D eigenvalue weighted by Crippen LogP contribution is 2.32. The van der Waals surface area contributed by atoms with Gasteiger partial charge in [0.15, 0.2) is 0 Å². The fourth-order valence-electron chi connectivity index (χ4n) is 1.85. The highest BCUT2D eigenvalue weighted by atomic mass is 33.1. The lowest BCUT2D eigenvalue weighted by atomic mass is 10.4. The van der Waals surface area contributed by atoms with Crippen LogP contribution in [-0.2, 0) is 14.3 Å². The molecule has 8 heteroatoms. The number of carbonyl (C=O) groups excluding carboxylic acids is 1. The van der Waals surface area contributed by atoms with Gasteiger partial charge in [0.05, 0.1) is 37.8 Å².